The van der Waals surface area contributed by atoms with Crippen LogP contribution in [0.4, 0.5) is 5.95 Å². The highest BCUT2D eigenvalue weighted by atomic mass is 32.1. The largest absolute Gasteiger partial charge is 0.341 e. The Kier molecular flexibility index (Phi) is 4.22. The van der Waals surface area contributed by atoms with Crippen LogP contribution in [-0.2, 0) is 6.54 Å². The number of nitrogens with one attached hydrogen (secondary N) is 1. The van der Waals surface area contributed by atoms with Crippen molar-refractivity contribution in [2.24, 2.45) is 0 Å². The van der Waals surface area contributed by atoms with Gasteiger partial charge in [-0.2, -0.15) is 0 Å². The molecule has 0 spiro atoms. The van der Waals surface area contributed by atoms with Gasteiger partial charge in [0.05, 0.1) is 11.2 Å². The molecule has 0 unspecified atom stereocenters. The number of hydrogen-bond donors (Lipinski definition) is 1. The van der Waals surface area contributed by atoms with Gasteiger partial charge in [0, 0.05) is 42.9 Å². The molecule has 20 heavy (non-hydrogen) atoms. The quantitative estimate of drug-likeness (QED) is 0.933. The third-order valence-corrected chi connectivity index (χ3v) is 4.66. The first-order valence-electron chi connectivity index (χ1n) is 6.97. The Labute approximate surface area is 123 Å². The zero-order valence-corrected chi connectivity index (χ0v) is 12.4. The number of thiazole rings is 1. The molecule has 106 valence electrons. The van der Waals surface area contributed by atoms with E-state index in [1.807, 2.05) is 11.6 Å². The maximum Gasteiger partial charge on any atom is 0.225 e. The van der Waals surface area contributed by atoms with Crippen LogP contribution in [0.15, 0.2) is 24.0 Å². The maximum absolute atomic E-state index is 4.31. The molecule has 0 saturated carbocycles. The molecule has 0 aliphatic carbocycles. The molecule has 1 saturated heterocycles. The Balaban J connectivity index is 1.48. The van der Waals surface area contributed by atoms with Crippen LogP contribution in [-0.4, -0.2) is 34.1 Å². The van der Waals surface area contributed by atoms with E-state index < -0.39 is 0 Å². The minimum absolute atomic E-state index is 0.580. The first-order valence-corrected chi connectivity index (χ1v) is 7.85. The van der Waals surface area contributed by atoms with E-state index in [4.69, 9.17) is 0 Å². The van der Waals surface area contributed by atoms with E-state index in [2.05, 4.69) is 32.1 Å². The average Bonchev–Trinajstić information content (AvgIpc) is 2.92. The standard InChI is InChI=1S/C14H19N5S/c1-11-13(20-10-18-11)9-17-12-3-7-19(8-4-12)14-15-5-2-6-16-14/h2,5-6,10,12,17H,3-4,7-9H2,1H3. The first kappa shape index (κ1) is 13.5. The predicted molar refractivity (Wildman–Crippen MR) is 81.0 cm³/mol. The van der Waals surface area contributed by atoms with Crippen molar-refractivity contribution in [1.29, 1.82) is 0 Å². The summed E-state index contributed by atoms with van der Waals surface area (Å²) in [6.45, 7) is 5.04. The van der Waals surface area contributed by atoms with Crippen LogP contribution in [0, 0.1) is 6.92 Å². The van der Waals surface area contributed by atoms with E-state index in [0.29, 0.717) is 6.04 Å². The SMILES string of the molecule is Cc1ncsc1CNC1CCN(c2ncccn2)CC1. The lowest BCUT2D eigenvalue weighted by atomic mass is 10.1. The summed E-state index contributed by atoms with van der Waals surface area (Å²) in [5, 5.41) is 3.64. The Morgan fingerprint density at radius 3 is 2.65 bits per heavy atom. The van der Waals surface area contributed by atoms with Gasteiger partial charge in [0.1, 0.15) is 0 Å². The number of aryl methyl sites for hydroxylation is 1. The Morgan fingerprint density at radius 1 is 1.25 bits per heavy atom. The molecule has 3 rings (SSSR count). The van der Waals surface area contributed by atoms with Gasteiger partial charge in [-0.15, -0.1) is 11.3 Å². The molecule has 5 nitrogen and oxygen atoms in total. The summed E-state index contributed by atoms with van der Waals surface area (Å²) in [7, 11) is 0. The third kappa shape index (κ3) is 3.13. The fraction of sp³-hybridized carbons (Fsp3) is 0.500. The number of anilines is 1. The van der Waals surface area contributed by atoms with Crippen LogP contribution in [0.2, 0.25) is 0 Å². The Hall–Kier alpha value is -1.53. The molecule has 1 aliphatic heterocycles. The van der Waals surface area contributed by atoms with E-state index in [1.165, 1.54) is 4.88 Å². The molecule has 6 heteroatoms. The van der Waals surface area contributed by atoms with Gasteiger partial charge in [0.2, 0.25) is 5.95 Å². The van der Waals surface area contributed by atoms with Crippen molar-refractivity contribution in [2.75, 3.05) is 18.0 Å². The number of piperidine rings is 1. The smallest absolute Gasteiger partial charge is 0.225 e. The molecule has 2 aromatic heterocycles. The minimum atomic E-state index is 0.580. The molecule has 1 fully saturated rings. The molecule has 1 N–H and O–H groups in total. The van der Waals surface area contributed by atoms with Gasteiger partial charge in [-0.3, -0.25) is 0 Å². The monoisotopic (exact) mass is 289 g/mol. The van der Waals surface area contributed by atoms with Gasteiger partial charge in [-0.1, -0.05) is 0 Å². The maximum atomic E-state index is 4.31. The molecular weight excluding hydrogens is 270 g/mol. The lowest BCUT2D eigenvalue weighted by molar-refractivity contribution is 0.412. The van der Waals surface area contributed by atoms with Gasteiger partial charge in [0.25, 0.3) is 0 Å². The lowest BCUT2D eigenvalue weighted by Gasteiger charge is -2.32. The van der Waals surface area contributed by atoms with Crippen molar-refractivity contribution < 1.29 is 0 Å². The second-order valence-electron chi connectivity index (χ2n) is 5.05. The van der Waals surface area contributed by atoms with Crippen molar-refractivity contribution in [1.82, 2.24) is 20.3 Å². The van der Waals surface area contributed by atoms with Gasteiger partial charge in [0.15, 0.2) is 0 Å². The van der Waals surface area contributed by atoms with E-state index >= 15 is 0 Å². The Morgan fingerprint density at radius 2 is 2.00 bits per heavy atom. The van der Waals surface area contributed by atoms with Crippen LogP contribution in [0.3, 0.4) is 0 Å². The van der Waals surface area contributed by atoms with Crippen molar-refractivity contribution in [2.45, 2.75) is 32.4 Å². The number of aromatic nitrogens is 3. The summed E-state index contributed by atoms with van der Waals surface area (Å²) in [4.78, 5) is 16.5. The summed E-state index contributed by atoms with van der Waals surface area (Å²) in [5.74, 6) is 0.851. The van der Waals surface area contributed by atoms with Crippen LogP contribution >= 0.6 is 11.3 Å². The molecule has 1 aliphatic rings. The summed E-state index contributed by atoms with van der Waals surface area (Å²) in [5.41, 5.74) is 3.07. The molecule has 0 bridgehead atoms. The van der Waals surface area contributed by atoms with Gasteiger partial charge in [-0.05, 0) is 25.8 Å². The first-order chi connectivity index (χ1) is 9.83. The van der Waals surface area contributed by atoms with Crippen LogP contribution in [0.5, 0.6) is 0 Å². The van der Waals surface area contributed by atoms with Crippen LogP contribution < -0.4 is 10.2 Å². The van der Waals surface area contributed by atoms with E-state index in [1.54, 1.807) is 23.7 Å². The van der Waals surface area contributed by atoms with Crippen molar-refractivity contribution >= 4 is 17.3 Å². The van der Waals surface area contributed by atoms with Crippen molar-refractivity contribution in [3.8, 4) is 0 Å². The fourth-order valence-corrected chi connectivity index (χ4v) is 3.20. The molecule has 0 amide bonds. The van der Waals surface area contributed by atoms with Crippen LogP contribution in [0.25, 0.3) is 0 Å². The normalized spacial score (nSPS) is 16.6. The minimum Gasteiger partial charge on any atom is -0.341 e. The molecule has 0 radical (unpaired) electrons. The second kappa shape index (κ2) is 6.28. The van der Waals surface area contributed by atoms with Crippen molar-refractivity contribution in [3.63, 3.8) is 0 Å². The lowest BCUT2D eigenvalue weighted by Crippen LogP contribution is -2.42. The highest BCUT2D eigenvalue weighted by Crippen LogP contribution is 2.17. The summed E-state index contributed by atoms with van der Waals surface area (Å²) >= 11 is 1.73. The second-order valence-corrected chi connectivity index (χ2v) is 5.99. The summed E-state index contributed by atoms with van der Waals surface area (Å²) < 4.78 is 0. The zero-order chi connectivity index (χ0) is 13.8. The summed E-state index contributed by atoms with van der Waals surface area (Å²) in [6, 6.07) is 2.44. The topological polar surface area (TPSA) is 53.9 Å². The van der Waals surface area contributed by atoms with Gasteiger partial charge >= 0.3 is 0 Å². The van der Waals surface area contributed by atoms with Gasteiger partial charge < -0.3 is 10.2 Å². The zero-order valence-electron chi connectivity index (χ0n) is 11.6. The number of hydrogen-bond acceptors (Lipinski definition) is 6. The molecule has 0 atom stereocenters. The van der Waals surface area contributed by atoms with Crippen LogP contribution in [0.1, 0.15) is 23.4 Å². The molecule has 2 aromatic rings. The fourth-order valence-electron chi connectivity index (χ4n) is 2.47. The number of rotatable bonds is 4. The summed E-state index contributed by atoms with van der Waals surface area (Å²) in [6.07, 6.45) is 5.88. The predicted octanol–water partition coefficient (Wildman–Crippen LogP) is 2.00. The average molecular weight is 289 g/mol. The molecular formula is C14H19N5S. The highest BCUT2D eigenvalue weighted by Gasteiger charge is 2.20. The molecule has 0 aromatic carbocycles. The highest BCUT2D eigenvalue weighted by molar-refractivity contribution is 7.09. The third-order valence-electron chi connectivity index (χ3n) is 3.73. The molecule has 3 heterocycles. The van der Waals surface area contributed by atoms with E-state index in [-0.39, 0.29) is 0 Å². The van der Waals surface area contributed by atoms with E-state index in [9.17, 15) is 0 Å². The Bertz CT molecular complexity index is 534. The van der Waals surface area contributed by atoms with Gasteiger partial charge in [-0.25, -0.2) is 15.0 Å². The van der Waals surface area contributed by atoms with E-state index in [0.717, 1.165) is 44.1 Å². The number of nitrogens with zero attached hydrogens (tertiary/aromatic N) is 4. The van der Waals surface area contributed by atoms with Crippen molar-refractivity contribution in [3.05, 3.63) is 34.5 Å².